The number of hydrogen-bond acceptors (Lipinski definition) is 5. The van der Waals surface area contributed by atoms with E-state index in [4.69, 9.17) is 5.73 Å². The zero-order valence-electron chi connectivity index (χ0n) is 9.87. The van der Waals surface area contributed by atoms with E-state index >= 15 is 0 Å². The van der Waals surface area contributed by atoms with Crippen LogP contribution in [0.2, 0.25) is 0 Å². The molecule has 1 aromatic heterocycles. The molecule has 0 saturated carbocycles. The van der Waals surface area contributed by atoms with Gasteiger partial charge in [0.15, 0.2) is 5.82 Å². The van der Waals surface area contributed by atoms with E-state index in [9.17, 15) is 12.6 Å². The van der Waals surface area contributed by atoms with Crippen LogP contribution in [0, 0.1) is 0 Å². The zero-order chi connectivity index (χ0) is 13.2. The topological polar surface area (TPSA) is 107 Å². The van der Waals surface area contributed by atoms with Gasteiger partial charge in [-0.05, 0) is 6.92 Å². The van der Waals surface area contributed by atoms with E-state index in [2.05, 4.69) is 9.82 Å². The summed E-state index contributed by atoms with van der Waals surface area (Å²) in [4.78, 5) is -0.0610. The van der Waals surface area contributed by atoms with Crippen LogP contribution in [0.25, 0.3) is 0 Å². The smallest absolute Gasteiger partial charge is 0.245 e. The minimum atomic E-state index is -3.69. The Balaban J connectivity index is 2.83. The van der Waals surface area contributed by atoms with E-state index in [0.29, 0.717) is 0 Å². The Morgan fingerprint density at radius 1 is 1.65 bits per heavy atom. The van der Waals surface area contributed by atoms with Crippen molar-refractivity contribution in [2.75, 3.05) is 18.5 Å². The molecule has 0 aliphatic rings. The molecule has 1 aromatic rings. The summed E-state index contributed by atoms with van der Waals surface area (Å²) in [6.07, 6.45) is 2.85. The van der Waals surface area contributed by atoms with E-state index < -0.39 is 20.8 Å². The van der Waals surface area contributed by atoms with Crippen molar-refractivity contribution in [3.05, 3.63) is 6.20 Å². The molecule has 3 N–H and O–H groups in total. The molecule has 0 radical (unpaired) electrons. The quantitative estimate of drug-likeness (QED) is 0.723. The Bertz CT molecular complexity index is 523. The normalized spacial score (nSPS) is 15.7. The van der Waals surface area contributed by atoms with Crippen molar-refractivity contribution in [3.8, 4) is 0 Å². The summed E-state index contributed by atoms with van der Waals surface area (Å²) in [7, 11) is -3.19. The van der Waals surface area contributed by atoms with E-state index in [1.54, 1.807) is 14.0 Å². The molecule has 17 heavy (non-hydrogen) atoms. The van der Waals surface area contributed by atoms with Crippen molar-refractivity contribution in [1.82, 2.24) is 14.5 Å². The molecule has 7 nitrogen and oxygen atoms in total. The van der Waals surface area contributed by atoms with Crippen LogP contribution < -0.4 is 10.5 Å². The number of aryl methyl sites for hydroxylation is 1. The van der Waals surface area contributed by atoms with E-state index in [1.807, 2.05) is 0 Å². The molecule has 0 aromatic carbocycles. The first-order chi connectivity index (χ1) is 7.74. The molecular weight excluding hydrogens is 264 g/mol. The molecule has 2 unspecified atom stereocenters. The lowest BCUT2D eigenvalue weighted by molar-refractivity contribution is 0.581. The van der Waals surface area contributed by atoms with E-state index in [-0.39, 0.29) is 22.5 Å². The van der Waals surface area contributed by atoms with Gasteiger partial charge < -0.3 is 5.73 Å². The highest BCUT2D eigenvalue weighted by Crippen LogP contribution is 2.15. The molecule has 0 aliphatic carbocycles. The molecule has 9 heteroatoms. The number of anilines is 1. The van der Waals surface area contributed by atoms with Crippen LogP contribution in [0.3, 0.4) is 0 Å². The van der Waals surface area contributed by atoms with Crippen LogP contribution in [0.15, 0.2) is 11.1 Å². The summed E-state index contributed by atoms with van der Waals surface area (Å²) < 4.78 is 38.5. The molecule has 1 heterocycles. The number of nitrogen functional groups attached to an aromatic ring is 1. The fourth-order valence-corrected chi connectivity index (χ4v) is 2.77. The van der Waals surface area contributed by atoms with Crippen LogP contribution in [0.5, 0.6) is 0 Å². The highest BCUT2D eigenvalue weighted by Gasteiger charge is 2.21. The third-order valence-corrected chi connectivity index (χ3v) is 4.98. The Morgan fingerprint density at radius 3 is 2.65 bits per heavy atom. The lowest BCUT2D eigenvalue weighted by atomic mass is 10.5. The number of nitrogens with one attached hydrogen (secondary N) is 1. The number of rotatable bonds is 5. The van der Waals surface area contributed by atoms with Gasteiger partial charge in [-0.3, -0.25) is 8.89 Å². The second-order valence-electron chi connectivity index (χ2n) is 3.71. The second-order valence-corrected chi connectivity index (χ2v) is 7.25. The van der Waals surface area contributed by atoms with Gasteiger partial charge in [0, 0.05) is 42.1 Å². The monoisotopic (exact) mass is 280 g/mol. The highest BCUT2D eigenvalue weighted by atomic mass is 32.2. The Labute approximate surface area is 103 Å². The second kappa shape index (κ2) is 5.15. The van der Waals surface area contributed by atoms with Gasteiger partial charge in [-0.2, -0.15) is 5.10 Å². The molecule has 0 aliphatic heterocycles. The van der Waals surface area contributed by atoms with Crippen molar-refractivity contribution >= 4 is 26.6 Å². The number of hydrogen-bond donors (Lipinski definition) is 2. The molecule has 98 valence electrons. The molecule has 0 bridgehead atoms. The van der Waals surface area contributed by atoms with Gasteiger partial charge in [0.05, 0.1) is 0 Å². The zero-order valence-corrected chi connectivity index (χ0v) is 11.5. The summed E-state index contributed by atoms with van der Waals surface area (Å²) in [5.41, 5.74) is 5.48. The minimum Gasteiger partial charge on any atom is -0.381 e. The van der Waals surface area contributed by atoms with Crippen LogP contribution in [-0.4, -0.2) is 40.5 Å². The van der Waals surface area contributed by atoms with Crippen molar-refractivity contribution in [2.24, 2.45) is 7.05 Å². The SMILES string of the molecule is CC(CNS(=O)(=O)c1cn(C)nc1N)S(C)=O. The average Bonchev–Trinajstić information content (AvgIpc) is 2.55. The molecule has 2 atom stereocenters. The van der Waals surface area contributed by atoms with Crippen molar-refractivity contribution in [1.29, 1.82) is 0 Å². The summed E-state index contributed by atoms with van der Waals surface area (Å²) >= 11 is 0. The number of nitrogens with two attached hydrogens (primary N) is 1. The van der Waals surface area contributed by atoms with Crippen LogP contribution >= 0.6 is 0 Å². The third-order valence-electron chi connectivity index (χ3n) is 2.24. The fraction of sp³-hybridized carbons (Fsp3) is 0.625. The summed E-state index contributed by atoms with van der Waals surface area (Å²) in [5.74, 6) is -0.0507. The molecule has 1 rings (SSSR count). The summed E-state index contributed by atoms with van der Waals surface area (Å²) in [5, 5.41) is 3.49. The Kier molecular flexibility index (Phi) is 4.28. The Hall–Kier alpha value is -0.930. The number of sulfonamides is 1. The van der Waals surface area contributed by atoms with Crippen molar-refractivity contribution in [3.63, 3.8) is 0 Å². The predicted octanol–water partition coefficient (Wildman–Crippen LogP) is -0.952. The highest BCUT2D eigenvalue weighted by molar-refractivity contribution is 7.89. The van der Waals surface area contributed by atoms with Gasteiger partial charge in [-0.15, -0.1) is 0 Å². The maximum absolute atomic E-state index is 11.8. The fourth-order valence-electron chi connectivity index (χ4n) is 1.11. The molecule has 0 amide bonds. The first kappa shape index (κ1) is 14.1. The Morgan fingerprint density at radius 2 is 2.24 bits per heavy atom. The van der Waals surface area contributed by atoms with Gasteiger partial charge in [0.25, 0.3) is 0 Å². The first-order valence-electron chi connectivity index (χ1n) is 4.85. The maximum atomic E-state index is 11.8. The van der Waals surface area contributed by atoms with Gasteiger partial charge in [0.1, 0.15) is 4.90 Å². The van der Waals surface area contributed by atoms with Crippen molar-refractivity contribution in [2.45, 2.75) is 17.1 Å². The van der Waals surface area contributed by atoms with Gasteiger partial charge in [0.2, 0.25) is 10.0 Å². The largest absolute Gasteiger partial charge is 0.381 e. The maximum Gasteiger partial charge on any atom is 0.245 e. The van der Waals surface area contributed by atoms with E-state index in [0.717, 1.165) is 0 Å². The lowest BCUT2D eigenvalue weighted by Gasteiger charge is -2.09. The van der Waals surface area contributed by atoms with Crippen molar-refractivity contribution < 1.29 is 12.6 Å². The van der Waals surface area contributed by atoms with Crippen LogP contribution in [0.1, 0.15) is 6.92 Å². The predicted molar refractivity (Wildman–Crippen MR) is 66.3 cm³/mol. The van der Waals surface area contributed by atoms with Crippen LogP contribution in [0.4, 0.5) is 5.82 Å². The standard InChI is InChI=1S/C8H16N4O3S2/c1-6(16(3)13)4-10-17(14,15)7-5-12(2)11-8(7)9/h5-6,10H,4H2,1-3H3,(H2,9,11). The summed E-state index contributed by atoms with van der Waals surface area (Å²) in [6.45, 7) is 1.80. The minimum absolute atomic E-state index is 0.0507. The van der Waals surface area contributed by atoms with Crippen LogP contribution in [-0.2, 0) is 27.9 Å². The molecule has 0 saturated heterocycles. The van der Waals surface area contributed by atoms with Gasteiger partial charge in [-0.1, -0.05) is 0 Å². The van der Waals surface area contributed by atoms with E-state index in [1.165, 1.54) is 17.1 Å². The molecular formula is C8H16N4O3S2. The number of nitrogens with zero attached hydrogens (tertiary/aromatic N) is 2. The third kappa shape index (κ3) is 3.51. The summed E-state index contributed by atoms with van der Waals surface area (Å²) in [6, 6.07) is 0. The molecule has 0 spiro atoms. The average molecular weight is 280 g/mol. The molecule has 0 fully saturated rings. The lowest BCUT2D eigenvalue weighted by Crippen LogP contribution is -2.32. The van der Waals surface area contributed by atoms with Gasteiger partial charge >= 0.3 is 0 Å². The first-order valence-corrected chi connectivity index (χ1v) is 7.95. The number of aromatic nitrogens is 2. The van der Waals surface area contributed by atoms with Gasteiger partial charge in [-0.25, -0.2) is 13.1 Å².